The minimum Gasteiger partial charge on any atom is -0.297 e. The van der Waals surface area contributed by atoms with Crippen LogP contribution in [-0.4, -0.2) is 18.3 Å². The molecule has 0 atom stereocenters. The van der Waals surface area contributed by atoms with Crippen LogP contribution in [0.1, 0.15) is 24.8 Å². The van der Waals surface area contributed by atoms with Gasteiger partial charge in [0.1, 0.15) is 0 Å². The average Bonchev–Trinajstić information content (AvgIpc) is 2.52. The number of benzene rings is 2. The number of carbonyl (C=O) groups excluding carboxylic acids is 2. The Balaban J connectivity index is 2.19. The molecule has 1 aliphatic rings. The Kier molecular flexibility index (Phi) is 3.73. The van der Waals surface area contributed by atoms with Gasteiger partial charge in [0.05, 0.1) is 11.9 Å². The van der Waals surface area contributed by atoms with Crippen LogP contribution >= 0.6 is 0 Å². The molecule has 2 aromatic rings. The standard InChI is InChI=1S/C18H15NO2/c20-11-10-19-18-9-8-15(13-4-3-5-14(21)12-13)16-6-1-2-7-17(16)18/h1-2,6-12H,3-5H2. The number of allylic oxidation sites excluding steroid dienone is 2. The summed E-state index contributed by atoms with van der Waals surface area (Å²) in [5.41, 5.74) is 2.95. The molecule has 0 aromatic heterocycles. The Labute approximate surface area is 123 Å². The number of hydrogen-bond donors (Lipinski definition) is 0. The van der Waals surface area contributed by atoms with Gasteiger partial charge in [-0.25, -0.2) is 0 Å². The molecule has 0 radical (unpaired) electrons. The maximum absolute atomic E-state index is 11.7. The Morgan fingerprint density at radius 1 is 1.00 bits per heavy atom. The Morgan fingerprint density at radius 3 is 2.57 bits per heavy atom. The topological polar surface area (TPSA) is 46.5 Å². The van der Waals surface area contributed by atoms with Crippen LogP contribution in [0, 0.1) is 0 Å². The van der Waals surface area contributed by atoms with Crippen LogP contribution in [0.5, 0.6) is 0 Å². The number of ketones is 1. The Morgan fingerprint density at radius 2 is 1.81 bits per heavy atom. The minimum absolute atomic E-state index is 0.198. The normalized spacial score (nSPS) is 15.4. The van der Waals surface area contributed by atoms with Crippen molar-refractivity contribution in [3.63, 3.8) is 0 Å². The number of aldehydes is 1. The third-order valence-electron chi connectivity index (χ3n) is 3.73. The molecule has 104 valence electrons. The van der Waals surface area contributed by atoms with Crippen LogP contribution in [0.2, 0.25) is 0 Å². The highest BCUT2D eigenvalue weighted by atomic mass is 16.1. The number of fused-ring (bicyclic) bond motifs is 1. The summed E-state index contributed by atoms with van der Waals surface area (Å²) in [6.07, 6.45) is 6.16. The lowest BCUT2D eigenvalue weighted by Gasteiger charge is -2.15. The van der Waals surface area contributed by atoms with E-state index in [4.69, 9.17) is 0 Å². The Bertz CT molecular complexity index is 772. The van der Waals surface area contributed by atoms with E-state index >= 15 is 0 Å². The number of carbonyl (C=O) groups is 2. The molecule has 0 unspecified atom stereocenters. The number of aliphatic imine (C=N–C) groups is 1. The van der Waals surface area contributed by atoms with E-state index in [1.165, 1.54) is 6.21 Å². The summed E-state index contributed by atoms with van der Waals surface area (Å²) < 4.78 is 0. The van der Waals surface area contributed by atoms with Crippen LogP contribution in [0.3, 0.4) is 0 Å². The first kappa shape index (κ1) is 13.4. The summed E-state index contributed by atoms with van der Waals surface area (Å²) in [7, 11) is 0. The van der Waals surface area contributed by atoms with Crippen molar-refractivity contribution in [1.29, 1.82) is 0 Å². The summed E-state index contributed by atoms with van der Waals surface area (Å²) in [6.45, 7) is 0. The van der Waals surface area contributed by atoms with E-state index < -0.39 is 0 Å². The second kappa shape index (κ2) is 5.83. The predicted molar refractivity (Wildman–Crippen MR) is 85.0 cm³/mol. The van der Waals surface area contributed by atoms with Gasteiger partial charge in [-0.3, -0.25) is 14.6 Å². The molecule has 3 heteroatoms. The third kappa shape index (κ3) is 2.68. The summed E-state index contributed by atoms with van der Waals surface area (Å²) >= 11 is 0. The molecule has 0 bridgehead atoms. The van der Waals surface area contributed by atoms with Crippen molar-refractivity contribution in [3.8, 4) is 0 Å². The minimum atomic E-state index is 0.198. The zero-order valence-corrected chi connectivity index (χ0v) is 11.6. The fourth-order valence-corrected chi connectivity index (χ4v) is 2.79. The molecule has 21 heavy (non-hydrogen) atoms. The third-order valence-corrected chi connectivity index (χ3v) is 3.73. The fraction of sp³-hybridized carbons (Fsp3) is 0.167. The van der Waals surface area contributed by atoms with Crippen LogP contribution in [-0.2, 0) is 9.59 Å². The van der Waals surface area contributed by atoms with Gasteiger partial charge in [-0.05, 0) is 41.5 Å². The number of nitrogens with zero attached hydrogens (tertiary/aromatic N) is 1. The van der Waals surface area contributed by atoms with Crippen molar-refractivity contribution in [2.45, 2.75) is 19.3 Å². The van der Waals surface area contributed by atoms with E-state index in [9.17, 15) is 9.59 Å². The van der Waals surface area contributed by atoms with Crippen molar-refractivity contribution in [1.82, 2.24) is 0 Å². The highest BCUT2D eigenvalue weighted by molar-refractivity contribution is 6.15. The molecule has 0 amide bonds. The first-order valence-electron chi connectivity index (χ1n) is 7.03. The maximum atomic E-state index is 11.7. The molecular formula is C18H15NO2. The van der Waals surface area contributed by atoms with Crippen molar-refractivity contribution in [3.05, 3.63) is 48.0 Å². The van der Waals surface area contributed by atoms with Gasteiger partial charge in [0.25, 0.3) is 0 Å². The Hall–Kier alpha value is -2.55. The van der Waals surface area contributed by atoms with E-state index in [1.807, 2.05) is 36.4 Å². The van der Waals surface area contributed by atoms with Gasteiger partial charge < -0.3 is 0 Å². The number of hydrogen-bond acceptors (Lipinski definition) is 3. The summed E-state index contributed by atoms with van der Waals surface area (Å²) in [5.74, 6) is 0.198. The smallest absolute Gasteiger partial charge is 0.161 e. The van der Waals surface area contributed by atoms with Gasteiger partial charge in [0.2, 0.25) is 0 Å². The van der Waals surface area contributed by atoms with Crippen LogP contribution in [0.4, 0.5) is 5.69 Å². The van der Waals surface area contributed by atoms with Crippen LogP contribution < -0.4 is 0 Å². The van der Waals surface area contributed by atoms with Crippen molar-refractivity contribution < 1.29 is 9.59 Å². The van der Waals surface area contributed by atoms with Gasteiger partial charge in [-0.2, -0.15) is 0 Å². The fourth-order valence-electron chi connectivity index (χ4n) is 2.79. The summed E-state index contributed by atoms with van der Waals surface area (Å²) in [5, 5.41) is 2.06. The zero-order valence-electron chi connectivity index (χ0n) is 11.6. The van der Waals surface area contributed by atoms with Crippen LogP contribution in [0.15, 0.2) is 47.5 Å². The zero-order chi connectivity index (χ0) is 14.7. The molecule has 0 N–H and O–H groups in total. The van der Waals surface area contributed by atoms with Gasteiger partial charge in [0, 0.05) is 11.8 Å². The van der Waals surface area contributed by atoms with E-state index in [1.54, 1.807) is 6.08 Å². The molecule has 0 spiro atoms. The second-order valence-corrected chi connectivity index (χ2v) is 5.08. The maximum Gasteiger partial charge on any atom is 0.161 e. The lowest BCUT2D eigenvalue weighted by Crippen LogP contribution is -2.02. The molecule has 3 nitrogen and oxygen atoms in total. The van der Waals surface area contributed by atoms with Crippen LogP contribution in [0.25, 0.3) is 16.3 Å². The largest absolute Gasteiger partial charge is 0.297 e. The van der Waals surface area contributed by atoms with Crippen molar-refractivity contribution in [2.24, 2.45) is 4.99 Å². The molecule has 0 fully saturated rings. The van der Waals surface area contributed by atoms with Crippen molar-refractivity contribution in [2.75, 3.05) is 0 Å². The highest BCUT2D eigenvalue weighted by Gasteiger charge is 2.14. The van der Waals surface area contributed by atoms with Gasteiger partial charge in [0.15, 0.2) is 12.1 Å². The van der Waals surface area contributed by atoms with Gasteiger partial charge >= 0.3 is 0 Å². The van der Waals surface area contributed by atoms with E-state index in [0.717, 1.165) is 40.4 Å². The molecule has 1 aliphatic carbocycles. The molecule has 0 saturated carbocycles. The molecule has 3 rings (SSSR count). The molecule has 0 saturated heterocycles. The van der Waals surface area contributed by atoms with Gasteiger partial charge in [-0.15, -0.1) is 0 Å². The monoisotopic (exact) mass is 277 g/mol. The van der Waals surface area contributed by atoms with E-state index in [2.05, 4.69) is 4.99 Å². The summed E-state index contributed by atoms with van der Waals surface area (Å²) in [4.78, 5) is 26.3. The molecule has 0 heterocycles. The molecule has 2 aromatic carbocycles. The first-order valence-corrected chi connectivity index (χ1v) is 7.03. The molecular weight excluding hydrogens is 262 g/mol. The predicted octanol–water partition coefficient (Wildman–Crippen LogP) is 3.88. The quantitative estimate of drug-likeness (QED) is 0.631. The highest BCUT2D eigenvalue weighted by Crippen LogP contribution is 2.35. The van der Waals surface area contributed by atoms with Crippen molar-refractivity contribution >= 4 is 40.3 Å². The van der Waals surface area contributed by atoms with E-state index in [-0.39, 0.29) is 5.78 Å². The number of rotatable bonds is 3. The second-order valence-electron chi connectivity index (χ2n) is 5.08. The summed E-state index contributed by atoms with van der Waals surface area (Å²) in [6, 6.07) is 11.8. The van der Waals surface area contributed by atoms with E-state index in [0.29, 0.717) is 12.7 Å². The van der Waals surface area contributed by atoms with Gasteiger partial charge in [-0.1, -0.05) is 30.3 Å². The first-order chi connectivity index (χ1) is 10.3. The molecule has 0 aliphatic heterocycles. The average molecular weight is 277 g/mol. The SMILES string of the molecule is O=CC=Nc1ccc(C2=CC(=O)CCC2)c2ccccc12. The lowest BCUT2D eigenvalue weighted by atomic mass is 9.89. The lowest BCUT2D eigenvalue weighted by molar-refractivity contribution is -0.114.